The first-order valence-electron chi connectivity index (χ1n) is 14.1. The van der Waals surface area contributed by atoms with E-state index < -0.39 is 18.0 Å². The van der Waals surface area contributed by atoms with E-state index in [4.69, 9.17) is 14.6 Å². The highest BCUT2D eigenvalue weighted by Crippen LogP contribution is 2.29. The number of nitrogens with one attached hydrogen (secondary N) is 3. The summed E-state index contributed by atoms with van der Waals surface area (Å²) in [6.45, 7) is 5.43. The summed E-state index contributed by atoms with van der Waals surface area (Å²) < 4.78 is 52.1. The number of piperidine rings is 2. The molecule has 2 aromatic heterocycles. The number of carbonyl (C=O) groups is 2. The lowest BCUT2D eigenvalue weighted by molar-refractivity contribution is -0.192. The Morgan fingerprint density at radius 1 is 1.02 bits per heavy atom. The minimum Gasteiger partial charge on any atom is -0.490 e. The number of aromatic nitrogens is 4. The third-order valence-corrected chi connectivity index (χ3v) is 7.10. The van der Waals surface area contributed by atoms with Crippen LogP contribution in [0.1, 0.15) is 51.4 Å². The smallest absolute Gasteiger partial charge is 0.490 e. The molecule has 5 rings (SSSR count). The summed E-state index contributed by atoms with van der Waals surface area (Å²) in [5, 5.41) is 17.1. The minimum atomic E-state index is -5.08. The maximum absolute atomic E-state index is 14.7. The summed E-state index contributed by atoms with van der Waals surface area (Å²) in [5.41, 5.74) is 2.14. The van der Waals surface area contributed by atoms with Crippen molar-refractivity contribution < 1.29 is 37.0 Å². The van der Waals surface area contributed by atoms with E-state index in [1.807, 2.05) is 4.90 Å². The third kappa shape index (κ3) is 8.57. The lowest BCUT2D eigenvalue weighted by atomic mass is 10.1. The number of amides is 2. The minimum absolute atomic E-state index is 0.148. The Kier molecular flexibility index (Phi) is 10.6. The predicted molar refractivity (Wildman–Crippen MR) is 147 cm³/mol. The molecule has 4 heterocycles. The van der Waals surface area contributed by atoms with Crippen LogP contribution in [0.5, 0.6) is 5.75 Å². The maximum atomic E-state index is 14.7. The van der Waals surface area contributed by atoms with Crippen LogP contribution >= 0.6 is 0 Å². The van der Waals surface area contributed by atoms with Gasteiger partial charge in [0.1, 0.15) is 0 Å². The molecule has 0 saturated carbocycles. The number of benzene rings is 1. The number of nitrogens with zero attached hydrogens (tertiary/aromatic N) is 4. The van der Waals surface area contributed by atoms with Crippen LogP contribution in [0.15, 0.2) is 18.3 Å². The lowest BCUT2D eigenvalue weighted by Crippen LogP contribution is -2.38. The molecule has 2 aliphatic heterocycles. The summed E-state index contributed by atoms with van der Waals surface area (Å²) in [7, 11) is 0. The van der Waals surface area contributed by atoms with Crippen LogP contribution in [0, 0.1) is 5.82 Å². The standard InChI is InChI=1S/C25H34FN7O2.C2HF3O2/c26-18-15-19-20(16-22(18)35-14-8-7-11-32-9-3-1-4-10-32)29-24(28-19)23-21(17-27-31-23)30-25(34)33-12-5-2-6-13-33;3-2(4,5)1(6)7/h15-17H,1-14H2,(H,27,31)(H,28,29)(H,30,34);(H,6,7). The SMILES string of the molecule is O=C(Nc1c[nH]nc1-c1nc2cc(OCCCCN3CCCCC3)c(F)cc2[nH]1)N1CCCCC1.O=C(O)C(F)(F)F. The Labute approximate surface area is 239 Å². The number of aromatic amines is 2. The number of fused-ring (bicyclic) bond motifs is 1. The van der Waals surface area contributed by atoms with E-state index in [9.17, 15) is 22.4 Å². The zero-order valence-electron chi connectivity index (χ0n) is 23.1. The van der Waals surface area contributed by atoms with E-state index in [2.05, 4.69) is 30.4 Å². The number of halogens is 4. The highest BCUT2D eigenvalue weighted by molar-refractivity contribution is 5.93. The van der Waals surface area contributed by atoms with Gasteiger partial charge in [0.05, 0.1) is 23.3 Å². The molecule has 3 aromatic rings. The molecular weight excluding hydrogens is 562 g/mol. The fourth-order valence-electron chi connectivity index (χ4n) is 4.89. The molecule has 0 spiro atoms. The molecule has 0 aliphatic carbocycles. The number of likely N-dealkylation sites (tertiary alicyclic amines) is 2. The number of rotatable bonds is 8. The molecule has 0 radical (unpaired) electrons. The van der Waals surface area contributed by atoms with Crippen LogP contribution in [-0.4, -0.2) is 92.6 Å². The molecule has 0 unspecified atom stereocenters. The van der Waals surface area contributed by atoms with Crippen LogP contribution in [0.25, 0.3) is 22.6 Å². The largest absolute Gasteiger partial charge is 0.490 e. The van der Waals surface area contributed by atoms with Gasteiger partial charge in [-0.2, -0.15) is 18.3 Å². The molecule has 42 heavy (non-hydrogen) atoms. The third-order valence-electron chi connectivity index (χ3n) is 7.10. The number of anilines is 1. The van der Waals surface area contributed by atoms with Gasteiger partial charge in [0.25, 0.3) is 0 Å². The van der Waals surface area contributed by atoms with Crippen molar-refractivity contribution in [1.29, 1.82) is 0 Å². The molecule has 1 aromatic carbocycles. The number of alkyl halides is 3. The van der Waals surface area contributed by atoms with E-state index in [0.717, 1.165) is 51.7 Å². The molecule has 2 aliphatic rings. The Morgan fingerprint density at radius 3 is 2.36 bits per heavy atom. The number of imidazole rings is 1. The van der Waals surface area contributed by atoms with E-state index in [0.29, 0.717) is 34.8 Å². The zero-order chi connectivity index (χ0) is 30.1. The summed E-state index contributed by atoms with van der Waals surface area (Å²) >= 11 is 0. The Bertz CT molecular complexity index is 1330. The number of unbranched alkanes of at least 4 members (excludes halogenated alkanes) is 1. The first-order chi connectivity index (χ1) is 20.1. The molecule has 4 N–H and O–H groups in total. The number of aliphatic carboxylic acids is 1. The summed E-state index contributed by atoms with van der Waals surface area (Å²) in [5.74, 6) is -2.53. The van der Waals surface area contributed by atoms with Gasteiger partial charge in [0.2, 0.25) is 0 Å². The van der Waals surface area contributed by atoms with Gasteiger partial charge >= 0.3 is 18.2 Å². The Balaban J connectivity index is 0.000000517. The number of hydrogen-bond donors (Lipinski definition) is 4. The predicted octanol–water partition coefficient (Wildman–Crippen LogP) is 5.39. The van der Waals surface area contributed by atoms with Crippen LogP contribution in [-0.2, 0) is 4.79 Å². The van der Waals surface area contributed by atoms with Crippen molar-refractivity contribution in [2.24, 2.45) is 0 Å². The second-order valence-electron chi connectivity index (χ2n) is 10.3. The van der Waals surface area contributed by atoms with Crippen molar-refractivity contribution in [1.82, 2.24) is 30.0 Å². The average Bonchev–Trinajstić information content (AvgIpc) is 3.60. The van der Waals surface area contributed by atoms with Crippen molar-refractivity contribution in [3.8, 4) is 17.3 Å². The molecule has 0 bridgehead atoms. The topological polar surface area (TPSA) is 139 Å². The van der Waals surface area contributed by atoms with Crippen molar-refractivity contribution in [2.45, 2.75) is 57.5 Å². The average molecular weight is 598 g/mol. The van der Waals surface area contributed by atoms with Crippen LogP contribution in [0.2, 0.25) is 0 Å². The van der Waals surface area contributed by atoms with E-state index in [1.165, 1.54) is 38.4 Å². The summed E-state index contributed by atoms with van der Waals surface area (Å²) in [4.78, 5) is 33.5. The van der Waals surface area contributed by atoms with Crippen LogP contribution in [0.4, 0.5) is 28.0 Å². The summed E-state index contributed by atoms with van der Waals surface area (Å²) in [6.07, 6.45) is 5.58. The number of urea groups is 1. The quantitative estimate of drug-likeness (QED) is 0.202. The number of carboxylic acid groups (broad SMARTS) is 1. The molecule has 11 nitrogen and oxygen atoms in total. The van der Waals surface area contributed by atoms with Gasteiger partial charge in [-0.15, -0.1) is 0 Å². The fourth-order valence-corrected chi connectivity index (χ4v) is 4.89. The second kappa shape index (κ2) is 14.3. The first kappa shape index (κ1) is 31.1. The number of H-pyrrole nitrogens is 2. The van der Waals surface area contributed by atoms with Gasteiger partial charge in [-0.3, -0.25) is 5.10 Å². The molecule has 2 saturated heterocycles. The van der Waals surface area contributed by atoms with E-state index in [-0.39, 0.29) is 11.8 Å². The van der Waals surface area contributed by atoms with Gasteiger partial charge in [-0.1, -0.05) is 6.42 Å². The van der Waals surface area contributed by atoms with Gasteiger partial charge in [0, 0.05) is 31.4 Å². The number of ether oxygens (including phenoxy) is 1. The molecule has 2 fully saturated rings. The number of carboxylic acids is 1. The Morgan fingerprint density at radius 2 is 1.69 bits per heavy atom. The van der Waals surface area contributed by atoms with Gasteiger partial charge in [-0.25, -0.2) is 19.0 Å². The first-order valence-corrected chi connectivity index (χ1v) is 14.1. The molecular formula is C27H35F4N7O4. The van der Waals surface area contributed by atoms with Gasteiger partial charge < -0.3 is 29.9 Å². The Hall–Kier alpha value is -3.88. The summed E-state index contributed by atoms with van der Waals surface area (Å²) in [6, 6.07) is 2.87. The van der Waals surface area contributed by atoms with Crippen molar-refractivity contribution in [3.63, 3.8) is 0 Å². The lowest BCUT2D eigenvalue weighted by Gasteiger charge is -2.26. The van der Waals surface area contributed by atoms with Crippen molar-refractivity contribution in [3.05, 3.63) is 24.1 Å². The fraction of sp³-hybridized carbons (Fsp3) is 0.556. The molecule has 2 amide bonds. The van der Waals surface area contributed by atoms with Crippen LogP contribution in [0.3, 0.4) is 0 Å². The second-order valence-corrected chi connectivity index (χ2v) is 10.3. The van der Waals surface area contributed by atoms with Crippen LogP contribution < -0.4 is 10.1 Å². The number of hydrogen-bond acceptors (Lipinski definition) is 6. The maximum Gasteiger partial charge on any atom is 0.490 e. The molecule has 230 valence electrons. The molecule has 0 atom stereocenters. The highest BCUT2D eigenvalue weighted by atomic mass is 19.4. The normalized spacial score (nSPS) is 16.1. The van der Waals surface area contributed by atoms with Gasteiger partial charge in [0.15, 0.2) is 23.1 Å². The molecule has 15 heteroatoms. The zero-order valence-corrected chi connectivity index (χ0v) is 23.1. The van der Waals surface area contributed by atoms with E-state index >= 15 is 0 Å². The highest BCUT2D eigenvalue weighted by Gasteiger charge is 2.38. The monoisotopic (exact) mass is 597 g/mol. The number of carbonyl (C=O) groups excluding carboxylic acids is 1. The van der Waals surface area contributed by atoms with Crippen molar-refractivity contribution >= 4 is 28.7 Å². The van der Waals surface area contributed by atoms with Crippen molar-refractivity contribution in [2.75, 3.05) is 44.6 Å². The van der Waals surface area contributed by atoms with Gasteiger partial charge in [-0.05, 0) is 64.6 Å². The van der Waals surface area contributed by atoms with E-state index in [1.54, 1.807) is 12.3 Å².